The van der Waals surface area contributed by atoms with Crippen molar-refractivity contribution >= 4 is 5.91 Å². The van der Waals surface area contributed by atoms with Crippen LogP contribution in [-0.2, 0) is 9.53 Å². The van der Waals surface area contributed by atoms with Crippen LogP contribution in [0.3, 0.4) is 0 Å². The maximum absolute atomic E-state index is 11.7. The van der Waals surface area contributed by atoms with Gasteiger partial charge < -0.3 is 15.8 Å². The molecule has 0 saturated heterocycles. The van der Waals surface area contributed by atoms with E-state index in [0.29, 0.717) is 12.0 Å². The van der Waals surface area contributed by atoms with Crippen LogP contribution >= 0.6 is 0 Å². The van der Waals surface area contributed by atoms with E-state index < -0.39 is 6.04 Å². The SMILES string of the molecule is COCC(N)C(=O)NC1CCC(C)C(C)C1. The zero-order valence-electron chi connectivity index (χ0n) is 10.5. The lowest BCUT2D eigenvalue weighted by atomic mass is 9.79. The standard InChI is InChI=1S/C12H24N2O2/c1-8-4-5-10(6-9(8)2)14-12(15)11(13)7-16-3/h8-11H,4-7,13H2,1-3H3,(H,14,15). The van der Waals surface area contributed by atoms with Crippen LogP contribution in [0.25, 0.3) is 0 Å². The van der Waals surface area contributed by atoms with Gasteiger partial charge in [-0.05, 0) is 31.1 Å². The highest BCUT2D eigenvalue weighted by molar-refractivity contribution is 5.81. The van der Waals surface area contributed by atoms with Crippen molar-refractivity contribution in [3.8, 4) is 0 Å². The van der Waals surface area contributed by atoms with Crippen molar-refractivity contribution in [2.45, 2.75) is 45.2 Å². The van der Waals surface area contributed by atoms with Crippen LogP contribution in [0.2, 0.25) is 0 Å². The van der Waals surface area contributed by atoms with Crippen LogP contribution in [0.15, 0.2) is 0 Å². The third-order valence-electron chi connectivity index (χ3n) is 3.63. The Hall–Kier alpha value is -0.610. The molecule has 4 heteroatoms. The lowest BCUT2D eigenvalue weighted by Gasteiger charge is -2.33. The van der Waals surface area contributed by atoms with E-state index in [4.69, 9.17) is 10.5 Å². The van der Waals surface area contributed by atoms with Crippen LogP contribution in [0.1, 0.15) is 33.1 Å². The first-order chi connectivity index (χ1) is 7.54. The highest BCUT2D eigenvalue weighted by Crippen LogP contribution is 2.29. The van der Waals surface area contributed by atoms with E-state index in [2.05, 4.69) is 19.2 Å². The van der Waals surface area contributed by atoms with Gasteiger partial charge in [-0.2, -0.15) is 0 Å². The highest BCUT2D eigenvalue weighted by Gasteiger charge is 2.26. The van der Waals surface area contributed by atoms with Gasteiger partial charge in [-0.25, -0.2) is 0 Å². The summed E-state index contributed by atoms with van der Waals surface area (Å²) in [6.45, 7) is 4.81. The summed E-state index contributed by atoms with van der Waals surface area (Å²) < 4.78 is 4.87. The largest absolute Gasteiger partial charge is 0.383 e. The molecule has 0 aromatic heterocycles. The van der Waals surface area contributed by atoms with Gasteiger partial charge in [0.05, 0.1) is 6.61 Å². The van der Waals surface area contributed by atoms with Crippen molar-refractivity contribution in [1.82, 2.24) is 5.32 Å². The van der Waals surface area contributed by atoms with Crippen molar-refractivity contribution in [2.75, 3.05) is 13.7 Å². The minimum atomic E-state index is -0.542. The first-order valence-electron chi connectivity index (χ1n) is 6.09. The van der Waals surface area contributed by atoms with E-state index in [0.717, 1.165) is 18.8 Å². The summed E-state index contributed by atoms with van der Waals surface area (Å²) >= 11 is 0. The Morgan fingerprint density at radius 1 is 1.44 bits per heavy atom. The number of rotatable bonds is 4. The van der Waals surface area contributed by atoms with E-state index in [1.807, 2.05) is 0 Å². The van der Waals surface area contributed by atoms with Crippen LogP contribution in [-0.4, -0.2) is 31.7 Å². The fourth-order valence-electron chi connectivity index (χ4n) is 2.24. The van der Waals surface area contributed by atoms with Crippen molar-refractivity contribution in [3.05, 3.63) is 0 Å². The number of hydrogen-bond donors (Lipinski definition) is 2. The molecule has 0 bridgehead atoms. The monoisotopic (exact) mass is 228 g/mol. The molecule has 4 nitrogen and oxygen atoms in total. The zero-order valence-corrected chi connectivity index (χ0v) is 10.5. The van der Waals surface area contributed by atoms with Crippen LogP contribution in [0, 0.1) is 11.8 Å². The Kier molecular flexibility index (Phi) is 5.22. The summed E-state index contributed by atoms with van der Waals surface area (Å²) in [5.74, 6) is 1.35. The summed E-state index contributed by atoms with van der Waals surface area (Å²) in [5, 5.41) is 3.01. The van der Waals surface area contributed by atoms with Gasteiger partial charge in [0.25, 0.3) is 0 Å². The molecule has 0 spiro atoms. The molecule has 16 heavy (non-hydrogen) atoms. The fourth-order valence-corrected chi connectivity index (χ4v) is 2.24. The number of ether oxygens (including phenoxy) is 1. The fraction of sp³-hybridized carbons (Fsp3) is 0.917. The van der Waals surface area contributed by atoms with Gasteiger partial charge >= 0.3 is 0 Å². The van der Waals surface area contributed by atoms with E-state index in [9.17, 15) is 4.79 Å². The van der Waals surface area contributed by atoms with Crippen LogP contribution in [0.4, 0.5) is 0 Å². The average Bonchev–Trinajstić information content (AvgIpc) is 2.24. The maximum Gasteiger partial charge on any atom is 0.239 e. The minimum absolute atomic E-state index is 0.0893. The second-order valence-corrected chi connectivity index (χ2v) is 5.03. The van der Waals surface area contributed by atoms with Crippen LogP contribution in [0.5, 0.6) is 0 Å². The molecule has 4 atom stereocenters. The molecule has 1 saturated carbocycles. The van der Waals surface area contributed by atoms with Gasteiger partial charge in [0.15, 0.2) is 0 Å². The van der Waals surface area contributed by atoms with E-state index in [1.54, 1.807) is 7.11 Å². The normalized spacial score (nSPS) is 32.1. The molecule has 4 unspecified atom stereocenters. The number of hydrogen-bond acceptors (Lipinski definition) is 3. The lowest BCUT2D eigenvalue weighted by Crippen LogP contribution is -2.49. The van der Waals surface area contributed by atoms with Crippen molar-refractivity contribution in [1.29, 1.82) is 0 Å². The predicted octanol–water partition coefficient (Wildman–Crippen LogP) is 0.901. The van der Waals surface area contributed by atoms with Gasteiger partial charge in [0.2, 0.25) is 5.91 Å². The average molecular weight is 228 g/mol. The lowest BCUT2D eigenvalue weighted by molar-refractivity contribution is -0.124. The van der Waals surface area contributed by atoms with E-state index >= 15 is 0 Å². The maximum atomic E-state index is 11.7. The van der Waals surface area contributed by atoms with Gasteiger partial charge in [-0.1, -0.05) is 13.8 Å². The molecule has 1 aliphatic rings. The third-order valence-corrected chi connectivity index (χ3v) is 3.63. The third kappa shape index (κ3) is 3.76. The molecular weight excluding hydrogens is 204 g/mol. The number of nitrogens with one attached hydrogen (secondary N) is 1. The van der Waals surface area contributed by atoms with Gasteiger partial charge in [-0.3, -0.25) is 4.79 Å². The van der Waals surface area contributed by atoms with Gasteiger partial charge in [-0.15, -0.1) is 0 Å². The molecule has 0 heterocycles. The summed E-state index contributed by atoms with van der Waals surface area (Å²) in [6.07, 6.45) is 3.31. The van der Waals surface area contributed by atoms with Crippen LogP contribution < -0.4 is 11.1 Å². The Bertz CT molecular complexity index is 233. The second-order valence-electron chi connectivity index (χ2n) is 5.03. The molecule has 1 aliphatic carbocycles. The summed E-state index contributed by atoms with van der Waals surface area (Å²) in [7, 11) is 1.55. The molecule has 0 radical (unpaired) electrons. The smallest absolute Gasteiger partial charge is 0.239 e. The first kappa shape index (κ1) is 13.5. The molecule has 1 amide bonds. The van der Waals surface area contributed by atoms with Crippen molar-refractivity contribution < 1.29 is 9.53 Å². The zero-order chi connectivity index (χ0) is 12.1. The van der Waals surface area contributed by atoms with Crippen molar-refractivity contribution in [2.24, 2.45) is 17.6 Å². The number of nitrogens with two attached hydrogens (primary N) is 1. The highest BCUT2D eigenvalue weighted by atomic mass is 16.5. The molecule has 0 aliphatic heterocycles. The molecule has 0 aromatic rings. The van der Waals surface area contributed by atoms with Crippen molar-refractivity contribution in [3.63, 3.8) is 0 Å². The Balaban J connectivity index is 2.34. The second kappa shape index (κ2) is 6.21. The molecule has 3 N–H and O–H groups in total. The Labute approximate surface area is 97.9 Å². The van der Waals surface area contributed by atoms with Gasteiger partial charge in [0.1, 0.15) is 6.04 Å². The topological polar surface area (TPSA) is 64.3 Å². The predicted molar refractivity (Wildman–Crippen MR) is 64.0 cm³/mol. The summed E-state index contributed by atoms with van der Waals surface area (Å²) in [5.41, 5.74) is 5.67. The molecule has 1 rings (SSSR count). The summed E-state index contributed by atoms with van der Waals surface area (Å²) in [4.78, 5) is 11.7. The number of carbonyl (C=O) groups excluding carboxylic acids is 1. The summed E-state index contributed by atoms with van der Waals surface area (Å²) in [6, 6.07) is -0.249. The molecule has 94 valence electrons. The first-order valence-corrected chi connectivity index (χ1v) is 6.09. The number of carbonyl (C=O) groups is 1. The molecule has 1 fully saturated rings. The number of methoxy groups -OCH3 is 1. The van der Waals surface area contributed by atoms with E-state index in [1.165, 1.54) is 6.42 Å². The molecule has 0 aromatic carbocycles. The minimum Gasteiger partial charge on any atom is -0.383 e. The quantitative estimate of drug-likeness (QED) is 0.751. The number of amides is 1. The van der Waals surface area contributed by atoms with E-state index in [-0.39, 0.29) is 12.5 Å². The Morgan fingerprint density at radius 2 is 2.12 bits per heavy atom. The van der Waals surface area contributed by atoms with Gasteiger partial charge in [0, 0.05) is 13.2 Å². The molecular formula is C12H24N2O2. The Morgan fingerprint density at radius 3 is 2.69 bits per heavy atom.